The molecule has 2 rings (SSSR count). The zero-order valence-electron chi connectivity index (χ0n) is 13.9. The third kappa shape index (κ3) is 4.16. The molecule has 1 aromatic heterocycles. The van der Waals surface area contributed by atoms with Gasteiger partial charge in [-0.1, -0.05) is 20.3 Å². The number of halogens is 1. The first kappa shape index (κ1) is 16.2. The average Bonchev–Trinajstić information content (AvgIpc) is 2.69. The maximum absolute atomic E-state index is 14.6. The monoisotopic (exact) mass is 293 g/mol. The Morgan fingerprint density at radius 2 is 2.10 bits per heavy atom. The molecule has 21 heavy (non-hydrogen) atoms. The van der Waals surface area contributed by atoms with Crippen molar-refractivity contribution < 1.29 is 4.39 Å². The van der Waals surface area contributed by atoms with E-state index in [1.807, 2.05) is 0 Å². The Labute approximate surface area is 127 Å². The molecule has 1 aliphatic carbocycles. The van der Waals surface area contributed by atoms with Gasteiger partial charge in [0.2, 0.25) is 0 Å². The number of hydrogen-bond donors (Lipinski definition) is 2. The van der Waals surface area contributed by atoms with E-state index in [-0.39, 0.29) is 16.8 Å². The fraction of sp³-hybridized carbons (Fsp3) is 0.706. The summed E-state index contributed by atoms with van der Waals surface area (Å²) in [6.45, 7) is 11.2. The maximum Gasteiger partial charge on any atom is 0.169 e. The highest BCUT2D eigenvalue weighted by Crippen LogP contribution is 2.39. The molecule has 0 bridgehead atoms. The van der Waals surface area contributed by atoms with Crippen molar-refractivity contribution in [1.82, 2.24) is 10.3 Å². The number of hydrogen-bond acceptors (Lipinski definition) is 3. The largest absolute Gasteiger partial charge is 0.364 e. The number of anilines is 1. The Morgan fingerprint density at radius 3 is 2.67 bits per heavy atom. The lowest BCUT2D eigenvalue weighted by Crippen LogP contribution is -2.35. The smallest absolute Gasteiger partial charge is 0.169 e. The van der Waals surface area contributed by atoms with E-state index in [9.17, 15) is 4.39 Å². The molecule has 0 aliphatic heterocycles. The highest BCUT2D eigenvalue weighted by atomic mass is 19.1. The van der Waals surface area contributed by atoms with Gasteiger partial charge in [-0.05, 0) is 45.1 Å². The van der Waals surface area contributed by atoms with Gasteiger partial charge in [-0.25, -0.2) is 9.37 Å². The van der Waals surface area contributed by atoms with Crippen LogP contribution in [0.4, 0.5) is 10.2 Å². The van der Waals surface area contributed by atoms with Gasteiger partial charge in [0, 0.05) is 29.9 Å². The third-order valence-electron chi connectivity index (χ3n) is 4.35. The second kappa shape index (κ2) is 5.91. The minimum atomic E-state index is -0.225. The number of pyridine rings is 1. The fourth-order valence-electron chi connectivity index (χ4n) is 2.84. The van der Waals surface area contributed by atoms with Crippen molar-refractivity contribution in [1.29, 1.82) is 0 Å². The third-order valence-corrected chi connectivity index (χ3v) is 4.35. The van der Waals surface area contributed by atoms with E-state index in [1.54, 1.807) is 12.3 Å². The Hall–Kier alpha value is -1.16. The Kier molecular flexibility index (Phi) is 4.57. The molecule has 2 N–H and O–H groups in total. The molecule has 1 heterocycles. The predicted octanol–water partition coefficient (Wildman–Crippen LogP) is 4.10. The zero-order valence-corrected chi connectivity index (χ0v) is 13.9. The topological polar surface area (TPSA) is 37.0 Å². The van der Waals surface area contributed by atoms with E-state index in [4.69, 9.17) is 0 Å². The molecule has 1 aromatic rings. The van der Waals surface area contributed by atoms with Gasteiger partial charge in [-0.15, -0.1) is 0 Å². The van der Waals surface area contributed by atoms with Gasteiger partial charge < -0.3 is 10.6 Å². The van der Waals surface area contributed by atoms with Crippen LogP contribution in [0, 0.1) is 11.2 Å². The summed E-state index contributed by atoms with van der Waals surface area (Å²) in [4.78, 5) is 4.20. The van der Waals surface area contributed by atoms with E-state index in [1.165, 1.54) is 12.8 Å². The summed E-state index contributed by atoms with van der Waals surface area (Å²) in [6, 6.07) is 2.05. The van der Waals surface area contributed by atoms with Crippen LogP contribution in [0.25, 0.3) is 0 Å². The van der Waals surface area contributed by atoms with Gasteiger partial charge in [-0.2, -0.15) is 0 Å². The fourth-order valence-corrected chi connectivity index (χ4v) is 2.84. The summed E-state index contributed by atoms with van der Waals surface area (Å²) in [5.74, 6) is 0.167. The Balaban J connectivity index is 2.11. The molecule has 118 valence electrons. The average molecular weight is 293 g/mol. The summed E-state index contributed by atoms with van der Waals surface area (Å²) >= 11 is 0. The van der Waals surface area contributed by atoms with Crippen LogP contribution in [-0.4, -0.2) is 16.6 Å². The summed E-state index contributed by atoms with van der Waals surface area (Å²) in [5.41, 5.74) is 0.836. The first-order valence-electron chi connectivity index (χ1n) is 7.84. The predicted molar refractivity (Wildman–Crippen MR) is 85.8 cm³/mol. The van der Waals surface area contributed by atoms with E-state index in [0.29, 0.717) is 24.0 Å². The van der Waals surface area contributed by atoms with Crippen molar-refractivity contribution in [3.8, 4) is 0 Å². The molecule has 4 heteroatoms. The minimum Gasteiger partial charge on any atom is -0.364 e. The van der Waals surface area contributed by atoms with E-state index >= 15 is 0 Å². The Morgan fingerprint density at radius 1 is 1.38 bits per heavy atom. The van der Waals surface area contributed by atoms with Crippen molar-refractivity contribution in [2.75, 3.05) is 5.32 Å². The van der Waals surface area contributed by atoms with E-state index < -0.39 is 0 Å². The van der Waals surface area contributed by atoms with Crippen LogP contribution in [0.3, 0.4) is 0 Å². The number of nitrogens with one attached hydrogen (secondary N) is 2. The minimum absolute atomic E-state index is 0.0310. The van der Waals surface area contributed by atoms with Gasteiger partial charge in [-0.3, -0.25) is 0 Å². The second-order valence-electron chi connectivity index (χ2n) is 7.81. The number of rotatable bonds is 4. The van der Waals surface area contributed by atoms with Crippen LogP contribution in [0.15, 0.2) is 12.3 Å². The standard InChI is InChI=1S/C17H28FN3/c1-16(2,3)20-11-12-8-10-19-15(14(12)18)21-13-7-6-9-17(13,4)5/h8,10,13,20H,6-7,9,11H2,1-5H3,(H,19,21). The molecule has 0 aromatic carbocycles. The summed E-state index contributed by atoms with van der Waals surface area (Å²) in [6.07, 6.45) is 5.14. The van der Waals surface area contributed by atoms with Crippen LogP contribution < -0.4 is 10.6 Å². The summed E-state index contributed by atoms with van der Waals surface area (Å²) in [5, 5.41) is 6.64. The van der Waals surface area contributed by atoms with Crippen LogP contribution >= 0.6 is 0 Å². The SMILES string of the molecule is CC(C)(C)NCc1ccnc(NC2CCCC2(C)C)c1F. The molecule has 0 radical (unpaired) electrons. The summed E-state index contributed by atoms with van der Waals surface area (Å²) in [7, 11) is 0. The van der Waals surface area contributed by atoms with Crippen molar-refractivity contribution >= 4 is 5.82 Å². The van der Waals surface area contributed by atoms with Gasteiger partial charge >= 0.3 is 0 Å². The molecule has 0 amide bonds. The Bertz CT molecular complexity index is 491. The van der Waals surface area contributed by atoms with Crippen molar-refractivity contribution in [2.24, 2.45) is 5.41 Å². The molecular formula is C17H28FN3. The zero-order chi connectivity index (χ0) is 15.7. The van der Waals surface area contributed by atoms with Gasteiger partial charge in [0.15, 0.2) is 11.6 Å². The quantitative estimate of drug-likeness (QED) is 0.877. The van der Waals surface area contributed by atoms with Crippen LogP contribution in [0.5, 0.6) is 0 Å². The lowest BCUT2D eigenvalue weighted by Gasteiger charge is -2.28. The molecule has 1 fully saturated rings. The summed E-state index contributed by atoms with van der Waals surface area (Å²) < 4.78 is 14.6. The molecule has 1 saturated carbocycles. The van der Waals surface area contributed by atoms with Gasteiger partial charge in [0.05, 0.1) is 0 Å². The van der Waals surface area contributed by atoms with Crippen LogP contribution in [0.1, 0.15) is 59.4 Å². The van der Waals surface area contributed by atoms with Crippen LogP contribution in [0.2, 0.25) is 0 Å². The number of nitrogens with zero attached hydrogens (tertiary/aromatic N) is 1. The molecule has 0 spiro atoms. The number of aromatic nitrogens is 1. The molecule has 1 aliphatic rings. The van der Waals surface area contributed by atoms with Gasteiger partial charge in [0.1, 0.15) is 0 Å². The van der Waals surface area contributed by atoms with Crippen LogP contribution in [-0.2, 0) is 6.54 Å². The lowest BCUT2D eigenvalue weighted by atomic mass is 9.87. The van der Waals surface area contributed by atoms with E-state index in [2.05, 4.69) is 50.2 Å². The highest BCUT2D eigenvalue weighted by molar-refractivity contribution is 5.41. The molecule has 1 atom stereocenters. The molecular weight excluding hydrogens is 265 g/mol. The van der Waals surface area contributed by atoms with E-state index in [0.717, 1.165) is 6.42 Å². The lowest BCUT2D eigenvalue weighted by molar-refractivity contribution is 0.348. The van der Waals surface area contributed by atoms with Crippen molar-refractivity contribution in [2.45, 2.75) is 72.0 Å². The molecule has 1 unspecified atom stereocenters. The van der Waals surface area contributed by atoms with Crippen molar-refractivity contribution in [3.63, 3.8) is 0 Å². The highest BCUT2D eigenvalue weighted by Gasteiger charge is 2.35. The first-order chi connectivity index (χ1) is 9.69. The first-order valence-corrected chi connectivity index (χ1v) is 7.84. The normalized spacial score (nSPS) is 21.5. The maximum atomic E-state index is 14.6. The van der Waals surface area contributed by atoms with Crippen molar-refractivity contribution in [3.05, 3.63) is 23.6 Å². The second-order valence-corrected chi connectivity index (χ2v) is 7.81. The molecule has 0 saturated heterocycles. The molecule has 3 nitrogen and oxygen atoms in total. The van der Waals surface area contributed by atoms with Gasteiger partial charge in [0.25, 0.3) is 0 Å².